The Kier molecular flexibility index (Phi) is 4.34. The molecule has 0 aliphatic heterocycles. The van der Waals surface area contributed by atoms with Crippen molar-refractivity contribution >= 4 is 17.8 Å². The van der Waals surface area contributed by atoms with Crippen LogP contribution in [0.2, 0.25) is 0 Å². The minimum atomic E-state index is -0.501. The highest BCUT2D eigenvalue weighted by molar-refractivity contribution is 6.41. The van der Waals surface area contributed by atoms with E-state index in [9.17, 15) is 9.59 Å². The summed E-state index contributed by atoms with van der Waals surface area (Å²) in [5.41, 5.74) is 0.420. The van der Waals surface area contributed by atoms with E-state index in [0.29, 0.717) is 18.4 Å². The molecule has 0 aromatic rings. The van der Waals surface area contributed by atoms with Gasteiger partial charge in [0.25, 0.3) is 0 Å². The SMILES string of the molecule is CCC(C=O)C(=O)C(C)=NC. The number of aldehydes is 1. The number of aliphatic imine (C=N–C) groups is 1. The van der Waals surface area contributed by atoms with Crippen LogP contribution in [-0.4, -0.2) is 24.8 Å². The van der Waals surface area contributed by atoms with Gasteiger partial charge in [-0.25, -0.2) is 0 Å². The highest BCUT2D eigenvalue weighted by atomic mass is 16.1. The quantitative estimate of drug-likeness (QED) is 0.343. The van der Waals surface area contributed by atoms with Gasteiger partial charge in [-0.2, -0.15) is 0 Å². The molecule has 0 saturated heterocycles. The summed E-state index contributed by atoms with van der Waals surface area (Å²) in [6.07, 6.45) is 1.23. The molecule has 0 heterocycles. The monoisotopic (exact) mass is 155 g/mol. The lowest BCUT2D eigenvalue weighted by Gasteiger charge is -2.03. The molecule has 0 aromatic carbocycles. The number of Topliss-reactive ketones (excluding diaryl/α,β-unsaturated/α-hetero) is 1. The van der Waals surface area contributed by atoms with E-state index < -0.39 is 5.92 Å². The molecule has 0 amide bonds. The molecule has 0 radical (unpaired) electrons. The Labute approximate surface area is 66.5 Å². The van der Waals surface area contributed by atoms with Gasteiger partial charge < -0.3 is 4.79 Å². The van der Waals surface area contributed by atoms with Crippen molar-refractivity contribution in [2.45, 2.75) is 20.3 Å². The van der Waals surface area contributed by atoms with E-state index in [1.165, 1.54) is 0 Å². The summed E-state index contributed by atoms with van der Waals surface area (Å²) in [7, 11) is 1.55. The second kappa shape index (κ2) is 4.77. The van der Waals surface area contributed by atoms with E-state index in [1.54, 1.807) is 20.9 Å². The molecule has 3 heteroatoms. The van der Waals surface area contributed by atoms with Gasteiger partial charge in [-0.1, -0.05) is 6.92 Å². The van der Waals surface area contributed by atoms with Gasteiger partial charge in [-0.15, -0.1) is 0 Å². The van der Waals surface area contributed by atoms with Crippen LogP contribution in [-0.2, 0) is 9.59 Å². The fourth-order valence-corrected chi connectivity index (χ4v) is 0.722. The van der Waals surface area contributed by atoms with Crippen LogP contribution in [0.4, 0.5) is 0 Å². The van der Waals surface area contributed by atoms with E-state index in [1.807, 2.05) is 0 Å². The maximum Gasteiger partial charge on any atom is 0.186 e. The van der Waals surface area contributed by atoms with Crippen LogP contribution in [0.5, 0.6) is 0 Å². The average molecular weight is 155 g/mol. The Morgan fingerprint density at radius 1 is 1.64 bits per heavy atom. The minimum Gasteiger partial charge on any atom is -0.303 e. The van der Waals surface area contributed by atoms with Crippen LogP contribution in [0.1, 0.15) is 20.3 Å². The summed E-state index contributed by atoms with van der Waals surface area (Å²) in [6, 6.07) is 0. The lowest BCUT2D eigenvalue weighted by atomic mass is 10.0. The Balaban J connectivity index is 4.33. The van der Waals surface area contributed by atoms with Crippen LogP contribution in [0.3, 0.4) is 0 Å². The van der Waals surface area contributed by atoms with Crippen molar-refractivity contribution in [2.24, 2.45) is 10.9 Å². The number of ketones is 1. The largest absolute Gasteiger partial charge is 0.303 e. The predicted octanol–water partition coefficient (Wildman–Crippen LogP) is 0.871. The molecular weight excluding hydrogens is 142 g/mol. The van der Waals surface area contributed by atoms with Crippen molar-refractivity contribution in [3.8, 4) is 0 Å². The fraction of sp³-hybridized carbons (Fsp3) is 0.625. The molecule has 0 N–H and O–H groups in total. The third-order valence-electron chi connectivity index (χ3n) is 1.63. The van der Waals surface area contributed by atoms with Gasteiger partial charge in [0.2, 0.25) is 0 Å². The molecular formula is C8H13NO2. The molecule has 1 unspecified atom stereocenters. The van der Waals surface area contributed by atoms with Crippen LogP contribution in [0.15, 0.2) is 4.99 Å². The molecule has 0 aromatic heterocycles. The smallest absolute Gasteiger partial charge is 0.186 e. The molecule has 0 bridgehead atoms. The molecule has 0 aliphatic carbocycles. The van der Waals surface area contributed by atoms with Crippen molar-refractivity contribution in [3.05, 3.63) is 0 Å². The summed E-state index contributed by atoms with van der Waals surface area (Å²) in [5, 5.41) is 0. The van der Waals surface area contributed by atoms with Gasteiger partial charge in [0, 0.05) is 7.05 Å². The zero-order valence-corrected chi connectivity index (χ0v) is 7.13. The number of nitrogens with zero attached hydrogens (tertiary/aromatic N) is 1. The van der Waals surface area contributed by atoms with E-state index in [0.717, 1.165) is 0 Å². The van der Waals surface area contributed by atoms with Gasteiger partial charge in [0.15, 0.2) is 5.78 Å². The first-order valence-corrected chi connectivity index (χ1v) is 3.60. The molecule has 3 nitrogen and oxygen atoms in total. The zero-order valence-electron chi connectivity index (χ0n) is 7.13. The standard InChI is InChI=1S/C8H13NO2/c1-4-7(5-10)8(11)6(2)9-3/h5,7H,4H2,1-3H3. The van der Waals surface area contributed by atoms with Crippen LogP contribution < -0.4 is 0 Å². The second-order valence-electron chi connectivity index (χ2n) is 2.32. The lowest BCUT2D eigenvalue weighted by molar-refractivity contribution is -0.122. The maximum absolute atomic E-state index is 11.2. The topological polar surface area (TPSA) is 46.5 Å². The first kappa shape index (κ1) is 10.0. The van der Waals surface area contributed by atoms with Gasteiger partial charge >= 0.3 is 0 Å². The van der Waals surface area contributed by atoms with E-state index >= 15 is 0 Å². The third-order valence-corrected chi connectivity index (χ3v) is 1.63. The van der Waals surface area contributed by atoms with Crippen molar-refractivity contribution < 1.29 is 9.59 Å². The van der Waals surface area contributed by atoms with Gasteiger partial charge in [-0.05, 0) is 13.3 Å². The van der Waals surface area contributed by atoms with Crippen molar-refractivity contribution in [1.29, 1.82) is 0 Å². The van der Waals surface area contributed by atoms with Crippen LogP contribution >= 0.6 is 0 Å². The Morgan fingerprint density at radius 2 is 2.18 bits per heavy atom. The number of rotatable bonds is 4. The second-order valence-corrected chi connectivity index (χ2v) is 2.32. The van der Waals surface area contributed by atoms with Gasteiger partial charge in [-0.3, -0.25) is 9.79 Å². The molecule has 0 spiro atoms. The molecule has 0 saturated carbocycles. The van der Waals surface area contributed by atoms with Crippen LogP contribution in [0.25, 0.3) is 0 Å². The predicted molar refractivity (Wildman–Crippen MR) is 43.9 cm³/mol. The highest BCUT2D eigenvalue weighted by Crippen LogP contribution is 2.01. The first-order chi connectivity index (χ1) is 5.17. The molecule has 11 heavy (non-hydrogen) atoms. The van der Waals surface area contributed by atoms with E-state index in [-0.39, 0.29) is 5.78 Å². The van der Waals surface area contributed by atoms with Gasteiger partial charge in [0.1, 0.15) is 6.29 Å². The number of hydrogen-bond donors (Lipinski definition) is 0. The Hall–Kier alpha value is -0.990. The van der Waals surface area contributed by atoms with Crippen molar-refractivity contribution in [3.63, 3.8) is 0 Å². The number of hydrogen-bond acceptors (Lipinski definition) is 3. The average Bonchev–Trinajstić information content (AvgIpc) is 2.05. The summed E-state index contributed by atoms with van der Waals surface area (Å²) < 4.78 is 0. The summed E-state index contributed by atoms with van der Waals surface area (Å²) >= 11 is 0. The zero-order chi connectivity index (χ0) is 8.85. The van der Waals surface area contributed by atoms with Gasteiger partial charge in [0.05, 0.1) is 11.6 Å². The molecule has 0 fully saturated rings. The summed E-state index contributed by atoms with van der Waals surface area (Å²) in [6.45, 7) is 3.42. The van der Waals surface area contributed by atoms with E-state index in [2.05, 4.69) is 4.99 Å². The highest BCUT2D eigenvalue weighted by Gasteiger charge is 2.16. The first-order valence-electron chi connectivity index (χ1n) is 3.60. The fourth-order valence-electron chi connectivity index (χ4n) is 0.722. The Bertz CT molecular complexity index is 185. The molecule has 0 aliphatic rings. The van der Waals surface area contributed by atoms with E-state index in [4.69, 9.17) is 0 Å². The maximum atomic E-state index is 11.2. The minimum absolute atomic E-state index is 0.162. The summed E-state index contributed by atoms with van der Waals surface area (Å²) in [5.74, 6) is -0.663. The lowest BCUT2D eigenvalue weighted by Crippen LogP contribution is -2.22. The normalized spacial score (nSPS) is 14.3. The molecule has 62 valence electrons. The number of carbonyl (C=O) groups excluding carboxylic acids is 2. The molecule has 0 rings (SSSR count). The Morgan fingerprint density at radius 3 is 2.45 bits per heavy atom. The number of carbonyl (C=O) groups is 2. The van der Waals surface area contributed by atoms with Crippen molar-refractivity contribution in [2.75, 3.05) is 7.05 Å². The van der Waals surface area contributed by atoms with Crippen molar-refractivity contribution in [1.82, 2.24) is 0 Å². The third kappa shape index (κ3) is 2.62. The van der Waals surface area contributed by atoms with Crippen LogP contribution in [0, 0.1) is 5.92 Å². The summed E-state index contributed by atoms with van der Waals surface area (Å²) in [4.78, 5) is 25.2. The molecule has 1 atom stereocenters.